The van der Waals surface area contributed by atoms with Crippen LogP contribution in [0.5, 0.6) is 5.75 Å². The van der Waals surface area contributed by atoms with E-state index in [9.17, 15) is 18.0 Å². The fourth-order valence-corrected chi connectivity index (χ4v) is 5.23. The van der Waals surface area contributed by atoms with E-state index in [0.29, 0.717) is 29.1 Å². The number of rotatable bonds is 6. The van der Waals surface area contributed by atoms with Crippen molar-refractivity contribution in [3.05, 3.63) is 63.8 Å². The van der Waals surface area contributed by atoms with Crippen LogP contribution < -0.4 is 14.8 Å². The average molecular weight is 487 g/mol. The van der Waals surface area contributed by atoms with Gasteiger partial charge in [-0.1, -0.05) is 12.1 Å². The Balaban J connectivity index is 1.42. The van der Waals surface area contributed by atoms with E-state index in [1.807, 2.05) is 31.2 Å². The number of esters is 1. The smallest absolute Gasteiger partial charge is 0.348 e. The standard InChI is InChI=1S/C23H22N2O6S2/c1-14-19(15-3-5-17(30-2)6-4-15)12-21(32-14)23(27)31-13-22(26)25-10-9-16-11-18(33(24,28)29)7-8-20(16)25/h3-8,11-12H,9-10,13H2,1-2H3,(H2,24,28,29). The highest BCUT2D eigenvalue weighted by atomic mass is 32.2. The summed E-state index contributed by atoms with van der Waals surface area (Å²) < 4.78 is 33.5. The molecule has 1 aromatic heterocycles. The number of amides is 1. The van der Waals surface area contributed by atoms with Gasteiger partial charge in [-0.25, -0.2) is 18.4 Å². The number of primary sulfonamides is 1. The van der Waals surface area contributed by atoms with Gasteiger partial charge in [-0.2, -0.15) is 0 Å². The second kappa shape index (κ2) is 8.97. The fraction of sp³-hybridized carbons (Fsp3) is 0.217. The van der Waals surface area contributed by atoms with Crippen molar-refractivity contribution in [3.63, 3.8) is 0 Å². The summed E-state index contributed by atoms with van der Waals surface area (Å²) in [7, 11) is -2.22. The van der Waals surface area contributed by atoms with Crippen LogP contribution in [0.4, 0.5) is 5.69 Å². The molecule has 172 valence electrons. The normalized spacial score (nSPS) is 13.0. The van der Waals surface area contributed by atoms with Gasteiger partial charge < -0.3 is 14.4 Å². The van der Waals surface area contributed by atoms with Gasteiger partial charge in [0.15, 0.2) is 6.61 Å². The Labute approximate surface area is 195 Å². The highest BCUT2D eigenvalue weighted by molar-refractivity contribution is 7.89. The third-order valence-electron chi connectivity index (χ3n) is 5.42. The molecule has 0 radical (unpaired) electrons. The van der Waals surface area contributed by atoms with Crippen molar-refractivity contribution >= 4 is 38.9 Å². The monoisotopic (exact) mass is 486 g/mol. The van der Waals surface area contributed by atoms with E-state index in [-0.39, 0.29) is 10.8 Å². The zero-order chi connectivity index (χ0) is 23.8. The molecule has 1 aliphatic heterocycles. The number of carbonyl (C=O) groups excluding carboxylic acids is 2. The molecule has 2 N–H and O–H groups in total. The van der Waals surface area contributed by atoms with E-state index in [2.05, 4.69) is 0 Å². The Morgan fingerprint density at radius 1 is 1.12 bits per heavy atom. The Kier molecular flexibility index (Phi) is 6.24. The summed E-state index contributed by atoms with van der Waals surface area (Å²) >= 11 is 1.30. The first-order valence-electron chi connectivity index (χ1n) is 10.1. The quantitative estimate of drug-likeness (QED) is 0.535. The Morgan fingerprint density at radius 3 is 2.52 bits per heavy atom. The van der Waals surface area contributed by atoms with Gasteiger partial charge in [-0.3, -0.25) is 4.79 Å². The van der Waals surface area contributed by atoms with Crippen molar-refractivity contribution in [2.45, 2.75) is 18.2 Å². The number of hydrogen-bond donors (Lipinski definition) is 1. The Hall–Kier alpha value is -3.21. The lowest BCUT2D eigenvalue weighted by molar-refractivity contribution is -0.121. The minimum Gasteiger partial charge on any atom is -0.497 e. The van der Waals surface area contributed by atoms with E-state index in [1.165, 1.54) is 28.4 Å². The fourth-order valence-electron chi connectivity index (χ4n) is 3.73. The second-order valence-corrected chi connectivity index (χ2v) is 10.3. The number of anilines is 1. The van der Waals surface area contributed by atoms with Crippen molar-refractivity contribution < 1.29 is 27.5 Å². The van der Waals surface area contributed by atoms with Gasteiger partial charge in [0.25, 0.3) is 5.91 Å². The topological polar surface area (TPSA) is 116 Å². The molecule has 0 unspecified atom stereocenters. The van der Waals surface area contributed by atoms with Gasteiger partial charge in [0.1, 0.15) is 10.6 Å². The van der Waals surface area contributed by atoms with Gasteiger partial charge >= 0.3 is 5.97 Å². The number of sulfonamides is 1. The number of ether oxygens (including phenoxy) is 2. The minimum atomic E-state index is -3.82. The highest BCUT2D eigenvalue weighted by Crippen LogP contribution is 2.33. The average Bonchev–Trinajstić information content (AvgIpc) is 3.40. The van der Waals surface area contributed by atoms with Crippen LogP contribution in [-0.4, -0.2) is 40.6 Å². The van der Waals surface area contributed by atoms with Gasteiger partial charge in [0, 0.05) is 17.1 Å². The third-order valence-corrected chi connectivity index (χ3v) is 7.36. The lowest BCUT2D eigenvalue weighted by Gasteiger charge is -2.17. The molecule has 8 nitrogen and oxygen atoms in total. The van der Waals surface area contributed by atoms with Crippen LogP contribution in [0.15, 0.2) is 53.4 Å². The molecule has 2 heterocycles. The SMILES string of the molecule is COc1ccc(-c2cc(C(=O)OCC(=O)N3CCc4cc(S(N)(=O)=O)ccc43)sc2C)cc1. The number of hydrogen-bond acceptors (Lipinski definition) is 7. The van der Waals surface area contributed by atoms with E-state index < -0.39 is 22.6 Å². The number of nitrogens with zero attached hydrogens (tertiary/aromatic N) is 1. The summed E-state index contributed by atoms with van der Waals surface area (Å²) in [5.74, 6) is -0.205. The number of benzene rings is 2. The molecule has 0 atom stereocenters. The number of methoxy groups -OCH3 is 1. The minimum absolute atomic E-state index is 0.00251. The summed E-state index contributed by atoms with van der Waals surface area (Å²) in [6.07, 6.45) is 0.494. The van der Waals surface area contributed by atoms with Crippen LogP contribution in [0.3, 0.4) is 0 Å². The maximum Gasteiger partial charge on any atom is 0.348 e. The predicted octanol–water partition coefficient (Wildman–Crippen LogP) is 3.13. The molecule has 0 saturated heterocycles. The number of carbonyl (C=O) groups is 2. The van der Waals surface area contributed by atoms with Gasteiger partial charge in [0.05, 0.1) is 12.0 Å². The van der Waals surface area contributed by atoms with Gasteiger partial charge in [-0.05, 0) is 66.4 Å². The van der Waals surface area contributed by atoms with E-state index in [1.54, 1.807) is 19.2 Å². The van der Waals surface area contributed by atoms with Crippen LogP contribution in [-0.2, 0) is 26.0 Å². The molecular weight excluding hydrogens is 464 g/mol. The molecule has 0 aliphatic carbocycles. The van der Waals surface area contributed by atoms with Crippen LogP contribution in [0.2, 0.25) is 0 Å². The van der Waals surface area contributed by atoms with Crippen molar-refractivity contribution in [1.82, 2.24) is 0 Å². The first-order chi connectivity index (χ1) is 15.7. The van der Waals surface area contributed by atoms with Gasteiger partial charge in [0.2, 0.25) is 10.0 Å². The molecule has 0 spiro atoms. The maximum absolute atomic E-state index is 12.7. The maximum atomic E-state index is 12.7. The largest absolute Gasteiger partial charge is 0.497 e. The summed E-state index contributed by atoms with van der Waals surface area (Å²) in [6.45, 7) is 1.88. The molecule has 2 aromatic carbocycles. The van der Waals surface area contributed by atoms with Crippen molar-refractivity contribution in [1.29, 1.82) is 0 Å². The zero-order valence-corrected chi connectivity index (χ0v) is 19.7. The summed E-state index contributed by atoms with van der Waals surface area (Å²) in [5.41, 5.74) is 3.17. The molecule has 1 aliphatic rings. The molecule has 10 heteroatoms. The Morgan fingerprint density at radius 2 is 1.85 bits per heavy atom. The lowest BCUT2D eigenvalue weighted by atomic mass is 10.1. The van der Waals surface area contributed by atoms with Crippen molar-refractivity contribution in [2.75, 3.05) is 25.2 Å². The highest BCUT2D eigenvalue weighted by Gasteiger charge is 2.27. The summed E-state index contributed by atoms with van der Waals surface area (Å²) in [6, 6.07) is 13.7. The van der Waals surface area contributed by atoms with Crippen molar-refractivity contribution in [3.8, 4) is 16.9 Å². The zero-order valence-electron chi connectivity index (χ0n) is 18.0. The number of thiophene rings is 1. The first-order valence-corrected chi connectivity index (χ1v) is 12.4. The summed E-state index contributed by atoms with van der Waals surface area (Å²) in [4.78, 5) is 28.1. The molecule has 3 aromatic rings. The molecule has 33 heavy (non-hydrogen) atoms. The lowest BCUT2D eigenvalue weighted by Crippen LogP contribution is -2.33. The van der Waals surface area contributed by atoms with E-state index >= 15 is 0 Å². The van der Waals surface area contributed by atoms with Crippen LogP contribution in [0.1, 0.15) is 20.1 Å². The van der Waals surface area contributed by atoms with E-state index in [0.717, 1.165) is 21.8 Å². The molecule has 1 amide bonds. The predicted molar refractivity (Wildman–Crippen MR) is 125 cm³/mol. The van der Waals surface area contributed by atoms with E-state index in [4.69, 9.17) is 14.6 Å². The second-order valence-electron chi connectivity index (χ2n) is 7.52. The van der Waals surface area contributed by atoms with Crippen LogP contribution in [0, 0.1) is 6.92 Å². The number of fused-ring (bicyclic) bond motifs is 1. The molecule has 4 rings (SSSR count). The molecule has 0 fully saturated rings. The van der Waals surface area contributed by atoms with Gasteiger partial charge in [-0.15, -0.1) is 11.3 Å². The number of aryl methyl sites for hydroxylation is 1. The third kappa shape index (κ3) is 4.77. The molecule has 0 saturated carbocycles. The summed E-state index contributed by atoms with van der Waals surface area (Å²) in [5, 5.41) is 5.17. The number of nitrogens with two attached hydrogens (primary N) is 1. The first kappa shape index (κ1) is 23.0. The molecule has 0 bridgehead atoms. The molecular formula is C23H22N2O6S2. The Bertz CT molecular complexity index is 1330. The van der Waals surface area contributed by atoms with Crippen LogP contribution in [0.25, 0.3) is 11.1 Å². The van der Waals surface area contributed by atoms with Crippen LogP contribution >= 0.6 is 11.3 Å². The van der Waals surface area contributed by atoms with Crippen molar-refractivity contribution in [2.24, 2.45) is 5.14 Å².